The van der Waals surface area contributed by atoms with E-state index in [-0.39, 0.29) is 17.9 Å². The molecule has 7 nitrogen and oxygen atoms in total. The van der Waals surface area contributed by atoms with E-state index in [2.05, 4.69) is 0 Å². The third-order valence-corrected chi connectivity index (χ3v) is 7.54. The SMILES string of the molecule is CCN(CC)S(=O)(=O)c1ccc2c(c1)CCN2C(=O)C1CC(=O)N(CC(F)(F)F)C1. The number of nitrogens with zero attached hydrogens (tertiary/aromatic N) is 3. The number of hydrogen-bond donors (Lipinski definition) is 0. The summed E-state index contributed by atoms with van der Waals surface area (Å²) in [5, 5.41) is 0. The molecule has 1 aromatic rings. The molecule has 11 heteroatoms. The first-order chi connectivity index (χ1) is 14.0. The maximum atomic E-state index is 12.9. The van der Waals surface area contributed by atoms with Crippen LogP contribution in [0.15, 0.2) is 23.1 Å². The summed E-state index contributed by atoms with van der Waals surface area (Å²) in [5.41, 5.74) is 1.23. The van der Waals surface area contributed by atoms with Crippen LogP contribution in [0.1, 0.15) is 25.8 Å². The molecule has 0 spiro atoms. The average Bonchev–Trinajstić information content (AvgIpc) is 3.24. The Balaban J connectivity index is 1.78. The van der Waals surface area contributed by atoms with Crippen LogP contribution in [0.2, 0.25) is 0 Å². The minimum Gasteiger partial charge on any atom is -0.333 e. The fraction of sp³-hybridized carbons (Fsp3) is 0.579. The predicted octanol–water partition coefficient (Wildman–Crippen LogP) is 2.02. The van der Waals surface area contributed by atoms with Gasteiger partial charge in [-0.25, -0.2) is 8.42 Å². The Morgan fingerprint density at radius 1 is 1.23 bits per heavy atom. The van der Waals surface area contributed by atoms with E-state index in [0.29, 0.717) is 42.2 Å². The summed E-state index contributed by atoms with van der Waals surface area (Å²) in [7, 11) is -3.64. The van der Waals surface area contributed by atoms with Crippen LogP contribution in [0.5, 0.6) is 0 Å². The maximum Gasteiger partial charge on any atom is 0.406 e. The van der Waals surface area contributed by atoms with Crippen LogP contribution in [-0.2, 0) is 26.0 Å². The number of alkyl halides is 3. The lowest BCUT2D eigenvalue weighted by molar-refractivity contribution is -0.157. The molecule has 1 atom stereocenters. The van der Waals surface area contributed by atoms with Crippen LogP contribution in [0.3, 0.4) is 0 Å². The molecule has 1 saturated heterocycles. The summed E-state index contributed by atoms with van der Waals surface area (Å²) in [5.74, 6) is -1.94. The standard InChI is InChI=1S/C19H24F3N3O4S/c1-3-24(4-2)30(28,29)15-5-6-16-13(9-15)7-8-25(16)18(27)14-10-17(26)23(11-14)12-19(20,21)22/h5-6,9,14H,3-4,7-8,10-12H2,1-2H3. The van der Waals surface area contributed by atoms with Gasteiger partial charge in [-0.15, -0.1) is 0 Å². The smallest absolute Gasteiger partial charge is 0.333 e. The maximum absolute atomic E-state index is 12.9. The topological polar surface area (TPSA) is 78.0 Å². The Labute approximate surface area is 173 Å². The highest BCUT2D eigenvalue weighted by atomic mass is 32.2. The average molecular weight is 447 g/mol. The van der Waals surface area contributed by atoms with Crippen molar-refractivity contribution < 1.29 is 31.2 Å². The van der Waals surface area contributed by atoms with Gasteiger partial charge in [0.15, 0.2) is 0 Å². The number of rotatable bonds is 6. The first-order valence-electron chi connectivity index (χ1n) is 9.77. The normalized spacial score (nSPS) is 19.7. The number of benzene rings is 1. The second kappa shape index (κ2) is 8.18. The van der Waals surface area contributed by atoms with E-state index in [9.17, 15) is 31.2 Å². The van der Waals surface area contributed by atoms with Gasteiger partial charge in [0.1, 0.15) is 6.54 Å². The number of likely N-dealkylation sites (tertiary alicyclic amines) is 1. The fourth-order valence-corrected chi connectivity index (χ4v) is 5.52. The molecule has 0 aliphatic carbocycles. The number of amides is 2. The summed E-state index contributed by atoms with van der Waals surface area (Å²) in [4.78, 5) is 27.0. The molecule has 1 unspecified atom stereocenters. The summed E-state index contributed by atoms with van der Waals surface area (Å²) in [6.07, 6.45) is -4.33. The van der Waals surface area contributed by atoms with Crippen LogP contribution >= 0.6 is 0 Å². The van der Waals surface area contributed by atoms with Crippen molar-refractivity contribution in [3.05, 3.63) is 23.8 Å². The van der Waals surface area contributed by atoms with E-state index in [0.717, 1.165) is 0 Å². The van der Waals surface area contributed by atoms with Crippen LogP contribution in [-0.4, -0.2) is 68.3 Å². The second-order valence-electron chi connectivity index (χ2n) is 7.41. The molecule has 0 saturated carbocycles. The van der Waals surface area contributed by atoms with E-state index >= 15 is 0 Å². The van der Waals surface area contributed by atoms with Crippen LogP contribution in [0.4, 0.5) is 18.9 Å². The minimum atomic E-state index is -4.51. The summed E-state index contributed by atoms with van der Waals surface area (Å²) >= 11 is 0. The molecule has 0 N–H and O–H groups in total. The van der Waals surface area contributed by atoms with Crippen molar-refractivity contribution in [2.45, 2.75) is 37.8 Å². The summed E-state index contributed by atoms with van der Waals surface area (Å²) in [6.45, 7) is 2.85. The van der Waals surface area contributed by atoms with Gasteiger partial charge < -0.3 is 9.80 Å². The van der Waals surface area contributed by atoms with Gasteiger partial charge in [0.05, 0.1) is 10.8 Å². The van der Waals surface area contributed by atoms with Crippen molar-refractivity contribution in [3.8, 4) is 0 Å². The quantitative estimate of drug-likeness (QED) is 0.669. The first kappa shape index (κ1) is 22.5. The molecule has 2 heterocycles. The molecule has 2 aliphatic rings. The lowest BCUT2D eigenvalue weighted by Crippen LogP contribution is -2.38. The number of fused-ring (bicyclic) bond motifs is 1. The largest absolute Gasteiger partial charge is 0.406 e. The van der Waals surface area contributed by atoms with Crippen LogP contribution < -0.4 is 4.90 Å². The van der Waals surface area contributed by atoms with Gasteiger partial charge in [-0.2, -0.15) is 17.5 Å². The molecule has 1 fully saturated rings. The number of carbonyl (C=O) groups excluding carboxylic acids is 2. The number of anilines is 1. The van der Waals surface area contributed by atoms with E-state index in [1.54, 1.807) is 26.0 Å². The monoisotopic (exact) mass is 447 g/mol. The summed E-state index contributed by atoms with van der Waals surface area (Å²) < 4.78 is 64.6. The molecule has 2 aliphatic heterocycles. The van der Waals surface area contributed by atoms with Crippen molar-refractivity contribution in [1.29, 1.82) is 0 Å². The fourth-order valence-electron chi connectivity index (χ4n) is 4.01. The lowest BCUT2D eigenvalue weighted by Gasteiger charge is -2.23. The Morgan fingerprint density at radius 2 is 1.90 bits per heavy atom. The van der Waals surface area contributed by atoms with Crippen molar-refractivity contribution in [1.82, 2.24) is 9.21 Å². The number of halogens is 3. The Hall–Kier alpha value is -2.14. The second-order valence-corrected chi connectivity index (χ2v) is 9.35. The van der Waals surface area contributed by atoms with E-state index in [4.69, 9.17) is 0 Å². The molecule has 3 rings (SSSR count). The third kappa shape index (κ3) is 4.31. The predicted molar refractivity (Wildman–Crippen MR) is 103 cm³/mol. The zero-order valence-corrected chi connectivity index (χ0v) is 17.6. The first-order valence-corrected chi connectivity index (χ1v) is 11.2. The molecule has 0 radical (unpaired) electrons. The zero-order chi connectivity index (χ0) is 22.3. The van der Waals surface area contributed by atoms with Gasteiger partial charge in [0.2, 0.25) is 21.8 Å². The number of hydrogen-bond acceptors (Lipinski definition) is 4. The van der Waals surface area contributed by atoms with Crippen LogP contribution in [0.25, 0.3) is 0 Å². The summed E-state index contributed by atoms with van der Waals surface area (Å²) in [6, 6.07) is 4.54. The Kier molecular flexibility index (Phi) is 6.15. The number of carbonyl (C=O) groups is 2. The van der Waals surface area contributed by atoms with E-state index < -0.39 is 40.5 Å². The van der Waals surface area contributed by atoms with Gasteiger partial charge >= 0.3 is 6.18 Å². The van der Waals surface area contributed by atoms with Gasteiger partial charge in [0.25, 0.3) is 0 Å². The number of sulfonamides is 1. The van der Waals surface area contributed by atoms with E-state index in [1.165, 1.54) is 15.3 Å². The van der Waals surface area contributed by atoms with Gasteiger partial charge in [-0.1, -0.05) is 13.8 Å². The molecular formula is C19H24F3N3O4S. The molecular weight excluding hydrogens is 423 g/mol. The highest BCUT2D eigenvalue weighted by Crippen LogP contribution is 2.34. The zero-order valence-electron chi connectivity index (χ0n) is 16.8. The van der Waals surface area contributed by atoms with Crippen LogP contribution in [0, 0.1) is 5.92 Å². The highest BCUT2D eigenvalue weighted by molar-refractivity contribution is 7.89. The van der Waals surface area contributed by atoms with Crippen molar-refractivity contribution in [3.63, 3.8) is 0 Å². The molecule has 2 amide bonds. The van der Waals surface area contributed by atoms with Crippen molar-refractivity contribution in [2.75, 3.05) is 37.6 Å². The van der Waals surface area contributed by atoms with Gasteiger partial charge in [0, 0.05) is 38.3 Å². The Morgan fingerprint density at radius 3 is 2.50 bits per heavy atom. The van der Waals surface area contributed by atoms with Crippen molar-refractivity contribution >= 4 is 27.5 Å². The molecule has 1 aromatic carbocycles. The van der Waals surface area contributed by atoms with Crippen molar-refractivity contribution in [2.24, 2.45) is 5.92 Å². The Bertz CT molecular complexity index is 945. The lowest BCUT2D eigenvalue weighted by atomic mass is 10.1. The molecule has 30 heavy (non-hydrogen) atoms. The highest BCUT2D eigenvalue weighted by Gasteiger charge is 2.42. The molecule has 166 valence electrons. The van der Waals surface area contributed by atoms with Gasteiger partial charge in [-0.3, -0.25) is 9.59 Å². The molecule has 0 aromatic heterocycles. The minimum absolute atomic E-state index is 0.145. The molecule has 0 bridgehead atoms. The van der Waals surface area contributed by atoms with E-state index in [1.807, 2.05) is 0 Å². The van der Waals surface area contributed by atoms with Gasteiger partial charge in [-0.05, 0) is 30.2 Å². The third-order valence-electron chi connectivity index (χ3n) is 5.49.